The molecule has 1 aromatic rings. The molecule has 1 saturated heterocycles. The topological polar surface area (TPSA) is 29.5 Å². The lowest BCUT2D eigenvalue weighted by Crippen LogP contribution is -2.30. The molecule has 1 aromatic carbocycles. The van der Waals surface area contributed by atoms with Crippen molar-refractivity contribution in [1.29, 1.82) is 0 Å². The van der Waals surface area contributed by atoms with Crippen LogP contribution in [-0.4, -0.2) is 23.6 Å². The average molecular weight is 289 g/mol. The fourth-order valence-corrected chi connectivity index (χ4v) is 3.02. The molecule has 0 aromatic heterocycles. The van der Waals surface area contributed by atoms with Crippen LogP contribution in [0.3, 0.4) is 0 Å². The fraction of sp³-hybridized carbons (Fsp3) is 0.455. The normalized spacial score (nSPS) is 18.6. The number of benzene rings is 1. The molecule has 0 amide bonds. The van der Waals surface area contributed by atoms with Crippen molar-refractivity contribution >= 4 is 27.7 Å². The summed E-state index contributed by atoms with van der Waals surface area (Å²) in [6.07, 6.45) is -0.410. The van der Waals surface area contributed by atoms with Gasteiger partial charge >= 0.3 is 0 Å². The van der Waals surface area contributed by atoms with Gasteiger partial charge in [-0.1, -0.05) is 6.07 Å². The summed E-state index contributed by atoms with van der Waals surface area (Å²) in [5.74, 6) is 0. The second-order valence-electron chi connectivity index (χ2n) is 3.64. The number of thioether (sulfide) groups is 1. The van der Waals surface area contributed by atoms with Gasteiger partial charge in [-0.2, -0.15) is 0 Å². The van der Waals surface area contributed by atoms with E-state index < -0.39 is 6.10 Å². The zero-order valence-corrected chi connectivity index (χ0v) is 10.8. The lowest BCUT2D eigenvalue weighted by Gasteiger charge is -2.25. The number of ether oxygens (including phenoxy) is 1. The van der Waals surface area contributed by atoms with E-state index in [1.807, 2.05) is 23.9 Å². The van der Waals surface area contributed by atoms with E-state index in [1.165, 1.54) is 4.90 Å². The van der Waals surface area contributed by atoms with Crippen LogP contribution in [0.5, 0.6) is 0 Å². The van der Waals surface area contributed by atoms with Crippen molar-refractivity contribution in [2.24, 2.45) is 0 Å². The van der Waals surface area contributed by atoms with E-state index in [0.717, 1.165) is 23.2 Å². The summed E-state index contributed by atoms with van der Waals surface area (Å²) in [7, 11) is 0. The van der Waals surface area contributed by atoms with E-state index in [0.29, 0.717) is 5.25 Å². The van der Waals surface area contributed by atoms with E-state index in [2.05, 4.69) is 22.0 Å². The Bertz CT molecular complexity index is 350. The van der Waals surface area contributed by atoms with Gasteiger partial charge in [0.1, 0.15) is 0 Å². The maximum atomic E-state index is 9.43. The standard InChI is InChI=1S/C11H13BrO2S/c1-7(13)8-2-3-11(10(12)4-8)15-9-5-14-6-9/h2-4,7,9,13H,5-6H2,1H3/t7-/m1/s1. The summed E-state index contributed by atoms with van der Waals surface area (Å²) in [4.78, 5) is 1.22. The average Bonchev–Trinajstić information content (AvgIpc) is 2.12. The Labute approximate surface area is 102 Å². The molecule has 0 spiro atoms. The van der Waals surface area contributed by atoms with Crippen LogP contribution in [0.25, 0.3) is 0 Å². The molecule has 2 rings (SSSR count). The molecule has 0 saturated carbocycles. The van der Waals surface area contributed by atoms with E-state index in [9.17, 15) is 5.11 Å². The van der Waals surface area contributed by atoms with Crippen molar-refractivity contribution in [3.05, 3.63) is 28.2 Å². The molecule has 2 nitrogen and oxygen atoms in total. The van der Waals surface area contributed by atoms with E-state index >= 15 is 0 Å². The molecule has 1 fully saturated rings. The Morgan fingerprint density at radius 3 is 2.73 bits per heavy atom. The van der Waals surface area contributed by atoms with Gasteiger partial charge in [0.25, 0.3) is 0 Å². The van der Waals surface area contributed by atoms with Crippen LogP contribution in [0.1, 0.15) is 18.6 Å². The molecular formula is C11H13BrO2S. The number of hydrogen-bond donors (Lipinski definition) is 1. The Kier molecular flexibility index (Phi) is 3.72. The molecule has 1 atom stereocenters. The van der Waals surface area contributed by atoms with Crippen LogP contribution < -0.4 is 0 Å². The SMILES string of the molecule is C[C@@H](O)c1ccc(SC2COC2)c(Br)c1. The van der Waals surface area contributed by atoms with Gasteiger partial charge in [-0.25, -0.2) is 0 Å². The summed E-state index contributed by atoms with van der Waals surface area (Å²) < 4.78 is 6.19. The number of rotatable bonds is 3. The van der Waals surface area contributed by atoms with Crippen molar-refractivity contribution in [3.63, 3.8) is 0 Å². The van der Waals surface area contributed by atoms with Gasteiger partial charge in [-0.15, -0.1) is 11.8 Å². The first kappa shape index (κ1) is 11.5. The third kappa shape index (κ3) is 2.75. The predicted octanol–water partition coefficient (Wildman–Crippen LogP) is 2.99. The first-order valence-electron chi connectivity index (χ1n) is 4.88. The molecule has 0 radical (unpaired) electrons. The summed E-state index contributed by atoms with van der Waals surface area (Å²) in [6.45, 7) is 3.46. The van der Waals surface area contributed by atoms with Crippen molar-refractivity contribution in [1.82, 2.24) is 0 Å². The maximum Gasteiger partial charge on any atom is 0.0762 e. The van der Waals surface area contributed by atoms with Crippen molar-refractivity contribution < 1.29 is 9.84 Å². The highest BCUT2D eigenvalue weighted by Gasteiger charge is 2.20. The largest absolute Gasteiger partial charge is 0.389 e. The zero-order chi connectivity index (χ0) is 10.8. The maximum absolute atomic E-state index is 9.43. The van der Waals surface area contributed by atoms with E-state index in [-0.39, 0.29) is 0 Å². The summed E-state index contributed by atoms with van der Waals surface area (Å²) in [5, 5.41) is 10.0. The minimum Gasteiger partial charge on any atom is -0.389 e. The van der Waals surface area contributed by atoms with Crippen molar-refractivity contribution in [2.75, 3.05) is 13.2 Å². The van der Waals surface area contributed by atoms with Gasteiger partial charge in [0.05, 0.1) is 24.6 Å². The minimum absolute atomic E-state index is 0.410. The van der Waals surface area contributed by atoms with Gasteiger partial charge in [0, 0.05) is 9.37 Å². The summed E-state index contributed by atoms with van der Waals surface area (Å²) >= 11 is 5.35. The van der Waals surface area contributed by atoms with Gasteiger partial charge in [-0.05, 0) is 40.5 Å². The zero-order valence-electron chi connectivity index (χ0n) is 8.44. The van der Waals surface area contributed by atoms with Crippen LogP contribution in [0.15, 0.2) is 27.6 Å². The van der Waals surface area contributed by atoms with Crippen molar-refractivity contribution in [2.45, 2.75) is 23.2 Å². The quantitative estimate of drug-likeness (QED) is 0.927. The fourth-order valence-electron chi connectivity index (χ4n) is 1.33. The van der Waals surface area contributed by atoms with E-state index in [4.69, 9.17) is 4.74 Å². The van der Waals surface area contributed by atoms with Crippen LogP contribution in [0.2, 0.25) is 0 Å². The third-order valence-corrected chi connectivity index (χ3v) is 4.47. The highest BCUT2D eigenvalue weighted by Crippen LogP contribution is 2.34. The van der Waals surface area contributed by atoms with Crippen LogP contribution in [0, 0.1) is 0 Å². The number of aliphatic hydroxyl groups excluding tert-OH is 1. The predicted molar refractivity (Wildman–Crippen MR) is 65.2 cm³/mol. The third-order valence-electron chi connectivity index (χ3n) is 2.34. The molecule has 0 unspecified atom stereocenters. The summed E-state index contributed by atoms with van der Waals surface area (Å²) in [5.41, 5.74) is 0.941. The molecule has 0 bridgehead atoms. The lowest BCUT2D eigenvalue weighted by atomic mass is 10.1. The first-order chi connectivity index (χ1) is 7.16. The molecule has 82 valence electrons. The van der Waals surface area contributed by atoms with Gasteiger partial charge in [0.2, 0.25) is 0 Å². The minimum atomic E-state index is -0.410. The molecule has 1 N–H and O–H groups in total. The Hall–Kier alpha value is -0.0300. The van der Waals surface area contributed by atoms with Crippen LogP contribution in [0.4, 0.5) is 0 Å². The smallest absolute Gasteiger partial charge is 0.0762 e. The van der Waals surface area contributed by atoms with E-state index in [1.54, 1.807) is 6.92 Å². The van der Waals surface area contributed by atoms with Crippen LogP contribution >= 0.6 is 27.7 Å². The molecule has 4 heteroatoms. The molecular weight excluding hydrogens is 276 g/mol. The second kappa shape index (κ2) is 4.87. The highest BCUT2D eigenvalue weighted by atomic mass is 79.9. The lowest BCUT2D eigenvalue weighted by molar-refractivity contribution is 0.0455. The molecule has 15 heavy (non-hydrogen) atoms. The number of aliphatic hydroxyl groups is 1. The molecule has 1 aliphatic rings. The van der Waals surface area contributed by atoms with Crippen molar-refractivity contribution in [3.8, 4) is 0 Å². The Morgan fingerprint density at radius 1 is 1.53 bits per heavy atom. The van der Waals surface area contributed by atoms with Gasteiger partial charge in [0.15, 0.2) is 0 Å². The highest BCUT2D eigenvalue weighted by molar-refractivity contribution is 9.10. The molecule has 1 heterocycles. The summed E-state index contributed by atoms with van der Waals surface area (Å²) in [6, 6.07) is 6.00. The Morgan fingerprint density at radius 2 is 2.27 bits per heavy atom. The van der Waals surface area contributed by atoms with Crippen LogP contribution in [-0.2, 0) is 4.74 Å². The number of halogens is 1. The van der Waals surface area contributed by atoms with Gasteiger partial charge < -0.3 is 9.84 Å². The second-order valence-corrected chi connectivity index (χ2v) is 5.84. The first-order valence-corrected chi connectivity index (χ1v) is 6.56. The molecule has 0 aliphatic carbocycles. The molecule has 1 aliphatic heterocycles. The number of hydrogen-bond acceptors (Lipinski definition) is 3. The van der Waals surface area contributed by atoms with Gasteiger partial charge in [-0.3, -0.25) is 0 Å². The monoisotopic (exact) mass is 288 g/mol. The Balaban J connectivity index is 2.11.